The highest BCUT2D eigenvalue weighted by Crippen LogP contribution is 2.41. The molecular weight excluding hydrogens is 526 g/mol. The quantitative estimate of drug-likeness (QED) is 0.196. The van der Waals surface area contributed by atoms with Gasteiger partial charge >= 0.3 is 0 Å². The molecule has 2 aliphatic rings. The van der Waals surface area contributed by atoms with Gasteiger partial charge in [-0.05, 0) is 98.8 Å². The molecule has 0 amide bonds. The lowest BCUT2D eigenvalue weighted by molar-refractivity contribution is 0.380. The Bertz CT molecular complexity index is 1460. The smallest absolute Gasteiger partial charge is 0.114 e. The second-order valence-corrected chi connectivity index (χ2v) is 12.9. The molecule has 43 heavy (non-hydrogen) atoms. The van der Waals surface area contributed by atoms with E-state index in [9.17, 15) is 10.0 Å². The monoisotopic (exact) mass is 577 g/mol. The highest BCUT2D eigenvalue weighted by molar-refractivity contribution is 5.47. The van der Waals surface area contributed by atoms with Crippen LogP contribution in [-0.4, -0.2) is 5.11 Å². The molecule has 2 aliphatic carbocycles. The number of nitrogens with zero attached hydrogens (tertiary/aromatic N) is 1. The van der Waals surface area contributed by atoms with Crippen LogP contribution >= 0.6 is 0 Å². The Labute approximate surface area is 260 Å². The number of nitroso groups, excluding NO2 is 1. The molecule has 3 nitrogen and oxygen atoms in total. The zero-order valence-corrected chi connectivity index (χ0v) is 28.0. The van der Waals surface area contributed by atoms with Gasteiger partial charge in [-0.1, -0.05) is 141 Å². The van der Waals surface area contributed by atoms with Crippen molar-refractivity contribution in [2.24, 2.45) is 16.0 Å². The van der Waals surface area contributed by atoms with Gasteiger partial charge in [-0.2, -0.15) is 0 Å². The molecule has 228 valence electrons. The molecule has 2 rings (SSSR count). The molecule has 0 aromatic carbocycles. The first-order valence-corrected chi connectivity index (χ1v) is 15.1. The standard InChI is InChI=1S/C40H51NO2/c1-29(17-13-19-31(3)21-23-35-33(5)37(41-43)25-27-39(35,7)8)15-11-12-16-30(2)18-14-20-32(4)22-24-36-34(6)38(42)26-28-40(36,9)10/h11-26,42H,27-28H2,1-10H3/b12-11+,17-13+,18-14+,23-21+,24-22+,29-15+,30-16+,31-19+,32-20+. The van der Waals surface area contributed by atoms with E-state index in [2.05, 4.69) is 146 Å². The van der Waals surface area contributed by atoms with Gasteiger partial charge in [0, 0.05) is 0 Å². The van der Waals surface area contributed by atoms with Crippen molar-refractivity contribution in [1.29, 1.82) is 0 Å². The van der Waals surface area contributed by atoms with E-state index in [0.717, 1.165) is 51.9 Å². The number of hydrogen-bond donors (Lipinski definition) is 1. The van der Waals surface area contributed by atoms with Gasteiger partial charge in [0.15, 0.2) is 0 Å². The zero-order valence-electron chi connectivity index (χ0n) is 28.0. The Morgan fingerprint density at radius 1 is 0.651 bits per heavy atom. The van der Waals surface area contributed by atoms with Crippen molar-refractivity contribution in [3.05, 3.63) is 158 Å². The summed E-state index contributed by atoms with van der Waals surface area (Å²) >= 11 is 0. The van der Waals surface area contributed by atoms with Crippen molar-refractivity contribution in [2.75, 3.05) is 0 Å². The molecule has 0 atom stereocenters. The number of allylic oxidation sites excluding steroid dienone is 24. The minimum Gasteiger partial charge on any atom is -0.508 e. The van der Waals surface area contributed by atoms with E-state index in [1.54, 1.807) is 0 Å². The Morgan fingerprint density at radius 3 is 1.51 bits per heavy atom. The van der Waals surface area contributed by atoms with E-state index in [0.29, 0.717) is 11.5 Å². The maximum Gasteiger partial charge on any atom is 0.114 e. The fourth-order valence-electron chi connectivity index (χ4n) is 5.10. The minimum atomic E-state index is -0.0140. The van der Waals surface area contributed by atoms with E-state index in [4.69, 9.17) is 0 Å². The number of hydrogen-bond acceptors (Lipinski definition) is 3. The average Bonchev–Trinajstić information content (AvgIpc) is 2.93. The molecule has 3 heteroatoms. The normalized spacial score (nSPS) is 20.9. The maximum atomic E-state index is 11.1. The third-order valence-electron chi connectivity index (χ3n) is 8.04. The van der Waals surface area contributed by atoms with Crippen LogP contribution in [0.1, 0.15) is 82.1 Å². The molecule has 0 fully saturated rings. The molecule has 0 saturated carbocycles. The summed E-state index contributed by atoms with van der Waals surface area (Å²) in [4.78, 5) is 11.1. The molecular formula is C40H51NO2. The van der Waals surface area contributed by atoms with Crippen LogP contribution in [0.3, 0.4) is 0 Å². The third-order valence-corrected chi connectivity index (χ3v) is 8.04. The van der Waals surface area contributed by atoms with Crippen LogP contribution in [0.4, 0.5) is 0 Å². The van der Waals surface area contributed by atoms with Crippen molar-refractivity contribution in [2.45, 2.75) is 82.1 Å². The third kappa shape index (κ3) is 11.0. The number of aliphatic hydroxyl groups is 1. The van der Waals surface area contributed by atoms with E-state index >= 15 is 0 Å². The molecule has 0 saturated heterocycles. The predicted octanol–water partition coefficient (Wildman–Crippen LogP) is 12.1. The van der Waals surface area contributed by atoms with Crippen LogP contribution in [0.25, 0.3) is 0 Å². The second-order valence-electron chi connectivity index (χ2n) is 12.9. The summed E-state index contributed by atoms with van der Waals surface area (Å²) in [7, 11) is 0. The van der Waals surface area contributed by atoms with Gasteiger partial charge in [0.2, 0.25) is 0 Å². The first-order valence-electron chi connectivity index (χ1n) is 15.1. The molecule has 0 aromatic rings. The van der Waals surface area contributed by atoms with E-state index in [1.165, 1.54) is 5.57 Å². The van der Waals surface area contributed by atoms with Crippen LogP contribution in [-0.2, 0) is 0 Å². The van der Waals surface area contributed by atoms with Crippen LogP contribution in [0.2, 0.25) is 0 Å². The van der Waals surface area contributed by atoms with Crippen LogP contribution in [0, 0.1) is 15.7 Å². The highest BCUT2D eigenvalue weighted by Gasteiger charge is 2.28. The van der Waals surface area contributed by atoms with Crippen molar-refractivity contribution in [1.82, 2.24) is 0 Å². The summed E-state index contributed by atoms with van der Waals surface area (Å²) in [5.41, 5.74) is 9.44. The Balaban J connectivity index is 1.94. The summed E-state index contributed by atoms with van der Waals surface area (Å²) in [6.07, 6.45) is 34.8. The Kier molecular flexibility index (Phi) is 13.1. The van der Waals surface area contributed by atoms with Crippen LogP contribution in [0.15, 0.2) is 158 Å². The largest absolute Gasteiger partial charge is 0.508 e. The molecule has 0 bridgehead atoms. The topological polar surface area (TPSA) is 49.7 Å². The van der Waals surface area contributed by atoms with E-state index in [-0.39, 0.29) is 10.8 Å². The van der Waals surface area contributed by atoms with Gasteiger partial charge in [-0.3, -0.25) is 0 Å². The number of rotatable bonds is 11. The Hall–Kier alpha value is -3.98. The lowest BCUT2D eigenvalue weighted by Crippen LogP contribution is -2.18. The van der Waals surface area contributed by atoms with Crippen LogP contribution < -0.4 is 0 Å². The molecule has 0 spiro atoms. The summed E-state index contributed by atoms with van der Waals surface area (Å²) in [6, 6.07) is 0. The molecule has 1 N–H and O–H groups in total. The zero-order chi connectivity index (χ0) is 32.2. The lowest BCUT2D eigenvalue weighted by Gasteiger charge is -2.30. The summed E-state index contributed by atoms with van der Waals surface area (Å²) in [6.45, 7) is 21.1. The first-order chi connectivity index (χ1) is 20.2. The van der Waals surface area contributed by atoms with E-state index in [1.807, 2.05) is 26.0 Å². The second kappa shape index (κ2) is 16.0. The van der Waals surface area contributed by atoms with Crippen molar-refractivity contribution in [3.63, 3.8) is 0 Å². The number of aliphatic hydroxyl groups excluding tert-OH is 1. The van der Waals surface area contributed by atoms with Crippen molar-refractivity contribution >= 4 is 0 Å². The molecule has 0 aliphatic heterocycles. The Morgan fingerprint density at radius 2 is 1.05 bits per heavy atom. The molecule has 0 heterocycles. The van der Waals surface area contributed by atoms with Crippen LogP contribution in [0.5, 0.6) is 0 Å². The van der Waals surface area contributed by atoms with Crippen molar-refractivity contribution in [3.8, 4) is 0 Å². The molecule has 0 unspecified atom stereocenters. The first kappa shape index (κ1) is 35.2. The van der Waals surface area contributed by atoms with Gasteiger partial charge in [0.25, 0.3) is 0 Å². The lowest BCUT2D eigenvalue weighted by atomic mass is 9.74. The van der Waals surface area contributed by atoms with Gasteiger partial charge in [-0.15, -0.1) is 4.91 Å². The van der Waals surface area contributed by atoms with Gasteiger partial charge in [-0.25, -0.2) is 0 Å². The van der Waals surface area contributed by atoms with Gasteiger partial charge in [0.05, 0.1) is 0 Å². The molecule has 0 radical (unpaired) electrons. The maximum absolute atomic E-state index is 11.1. The predicted molar refractivity (Wildman–Crippen MR) is 188 cm³/mol. The summed E-state index contributed by atoms with van der Waals surface area (Å²) in [5, 5.41) is 13.3. The minimum absolute atomic E-state index is 0.0140. The van der Waals surface area contributed by atoms with E-state index < -0.39 is 0 Å². The van der Waals surface area contributed by atoms with Gasteiger partial charge < -0.3 is 5.11 Å². The molecule has 0 aromatic heterocycles. The summed E-state index contributed by atoms with van der Waals surface area (Å²) < 4.78 is 0. The highest BCUT2D eigenvalue weighted by atomic mass is 16.3. The van der Waals surface area contributed by atoms with Crippen molar-refractivity contribution < 1.29 is 5.11 Å². The fourth-order valence-corrected chi connectivity index (χ4v) is 5.10. The average molecular weight is 578 g/mol. The SMILES string of the molecule is CC1=C(/C=C/C(C)=C/C=C/C(C)=C/C=C/C=C(C)/C=C/C=C(C)/C=C/C2=C(C)C(N=O)=CCC2(C)C)C(C)(C)CC=C1O. The fraction of sp³-hybridized carbons (Fsp3) is 0.350. The summed E-state index contributed by atoms with van der Waals surface area (Å²) in [5.74, 6) is 0.394. The van der Waals surface area contributed by atoms with Gasteiger partial charge in [0.1, 0.15) is 11.5 Å².